The summed E-state index contributed by atoms with van der Waals surface area (Å²) in [5.74, 6) is -0.0975. The van der Waals surface area contributed by atoms with Crippen LogP contribution in [-0.4, -0.2) is 32.3 Å². The van der Waals surface area contributed by atoms with Gasteiger partial charge in [-0.15, -0.1) is 11.3 Å². The summed E-state index contributed by atoms with van der Waals surface area (Å²) in [7, 11) is 1.51. The van der Waals surface area contributed by atoms with E-state index in [0.717, 1.165) is 50.1 Å². The minimum atomic E-state index is -3.73. The largest absolute Gasteiger partial charge is 0.339 e. The van der Waals surface area contributed by atoms with Crippen molar-refractivity contribution >= 4 is 37.0 Å². The summed E-state index contributed by atoms with van der Waals surface area (Å²) >= 11 is 0.987. The van der Waals surface area contributed by atoms with Crippen molar-refractivity contribution in [3.63, 3.8) is 0 Å². The highest BCUT2D eigenvalue weighted by Crippen LogP contribution is 2.25. The predicted molar refractivity (Wildman–Crippen MR) is 71.7 cm³/mol. The van der Waals surface area contributed by atoms with Crippen molar-refractivity contribution in [1.29, 1.82) is 0 Å². The maximum atomic E-state index is 12.2. The van der Waals surface area contributed by atoms with Crippen LogP contribution in [0, 0.1) is 0 Å². The van der Waals surface area contributed by atoms with Gasteiger partial charge in [-0.2, -0.15) is 0 Å². The Morgan fingerprint density at radius 2 is 1.83 bits per heavy atom. The highest BCUT2D eigenvalue weighted by Gasteiger charge is 2.21. The lowest BCUT2D eigenvalue weighted by Crippen LogP contribution is -2.31. The summed E-state index contributed by atoms with van der Waals surface area (Å²) in [5, 5.41) is 1.56. The summed E-state index contributed by atoms with van der Waals surface area (Å²) in [5.41, 5.74) is 0.418. The average molecular weight is 308 g/mol. The summed E-state index contributed by atoms with van der Waals surface area (Å²) in [6.07, 6.45) is 4.32. The fourth-order valence-electron chi connectivity index (χ4n) is 2.01. The molecule has 4 nitrogen and oxygen atoms in total. The van der Waals surface area contributed by atoms with Gasteiger partial charge >= 0.3 is 0 Å². The van der Waals surface area contributed by atoms with Crippen LogP contribution < -0.4 is 0 Å². The molecule has 0 N–H and O–H groups in total. The van der Waals surface area contributed by atoms with E-state index in [9.17, 15) is 13.2 Å². The lowest BCUT2D eigenvalue weighted by Gasteiger charge is -2.19. The van der Waals surface area contributed by atoms with Gasteiger partial charge in [0.15, 0.2) is 0 Å². The molecule has 1 aliphatic rings. The summed E-state index contributed by atoms with van der Waals surface area (Å²) in [4.78, 5) is 14.0. The lowest BCUT2D eigenvalue weighted by atomic mass is 10.2. The molecule has 0 radical (unpaired) electrons. The van der Waals surface area contributed by atoms with Gasteiger partial charge in [-0.1, -0.05) is 12.8 Å². The first-order chi connectivity index (χ1) is 8.48. The van der Waals surface area contributed by atoms with Crippen molar-refractivity contribution in [2.45, 2.75) is 29.9 Å². The van der Waals surface area contributed by atoms with Gasteiger partial charge in [0.1, 0.15) is 4.21 Å². The minimum Gasteiger partial charge on any atom is -0.339 e. The summed E-state index contributed by atoms with van der Waals surface area (Å²) in [6, 6.07) is 1.36. The number of halogens is 1. The third-order valence-corrected chi connectivity index (χ3v) is 6.00. The lowest BCUT2D eigenvalue weighted by molar-refractivity contribution is 0.0762. The van der Waals surface area contributed by atoms with Crippen molar-refractivity contribution in [2.24, 2.45) is 0 Å². The predicted octanol–water partition coefficient (Wildman–Crippen LogP) is 2.69. The van der Waals surface area contributed by atoms with Crippen molar-refractivity contribution in [3.8, 4) is 0 Å². The average Bonchev–Trinajstić information content (AvgIpc) is 2.65. The van der Waals surface area contributed by atoms with Crippen molar-refractivity contribution in [1.82, 2.24) is 4.90 Å². The Morgan fingerprint density at radius 1 is 1.22 bits per heavy atom. The zero-order valence-corrected chi connectivity index (χ0v) is 12.2. The van der Waals surface area contributed by atoms with Crippen LogP contribution >= 0.6 is 22.0 Å². The molecule has 1 aromatic rings. The molecule has 0 aromatic carbocycles. The number of hydrogen-bond acceptors (Lipinski definition) is 4. The molecule has 1 aromatic heterocycles. The molecule has 1 aliphatic heterocycles. The molecule has 1 amide bonds. The quantitative estimate of drug-likeness (QED) is 0.789. The van der Waals surface area contributed by atoms with Gasteiger partial charge < -0.3 is 4.90 Å². The SMILES string of the molecule is O=C(c1csc(S(=O)(=O)Cl)c1)N1CCCCCC1. The fraction of sp³-hybridized carbons (Fsp3) is 0.545. The van der Waals surface area contributed by atoms with E-state index < -0.39 is 9.05 Å². The Morgan fingerprint density at radius 3 is 2.33 bits per heavy atom. The standard InChI is InChI=1S/C11H14ClNO3S2/c12-18(15,16)10-7-9(8-17-10)11(14)13-5-3-1-2-4-6-13/h7-8H,1-6H2. The van der Waals surface area contributed by atoms with Crippen LogP contribution in [0.15, 0.2) is 15.7 Å². The Kier molecular flexibility index (Phi) is 4.29. The summed E-state index contributed by atoms with van der Waals surface area (Å²) < 4.78 is 22.3. The molecule has 18 heavy (non-hydrogen) atoms. The first-order valence-corrected chi connectivity index (χ1v) is 9.00. The first-order valence-electron chi connectivity index (χ1n) is 5.81. The number of hydrogen-bond donors (Lipinski definition) is 0. The number of thiophene rings is 1. The highest BCUT2D eigenvalue weighted by atomic mass is 35.7. The molecule has 100 valence electrons. The van der Waals surface area contributed by atoms with E-state index in [0.29, 0.717) is 5.56 Å². The van der Waals surface area contributed by atoms with Crippen LogP contribution in [0.4, 0.5) is 0 Å². The van der Waals surface area contributed by atoms with E-state index in [1.807, 2.05) is 0 Å². The van der Waals surface area contributed by atoms with E-state index in [-0.39, 0.29) is 10.1 Å². The van der Waals surface area contributed by atoms with Crippen LogP contribution in [0.5, 0.6) is 0 Å². The van der Waals surface area contributed by atoms with Gasteiger partial charge in [0.05, 0.1) is 5.56 Å². The Labute approximate surface area is 115 Å². The fourth-order valence-corrected chi connectivity index (χ4v) is 3.95. The highest BCUT2D eigenvalue weighted by molar-refractivity contribution is 8.15. The maximum Gasteiger partial charge on any atom is 0.270 e. The van der Waals surface area contributed by atoms with Crippen LogP contribution in [0.25, 0.3) is 0 Å². The first kappa shape index (κ1) is 13.8. The maximum absolute atomic E-state index is 12.2. The number of likely N-dealkylation sites (tertiary alicyclic amines) is 1. The van der Waals surface area contributed by atoms with E-state index in [4.69, 9.17) is 10.7 Å². The molecular weight excluding hydrogens is 294 g/mol. The Balaban J connectivity index is 2.15. The smallest absolute Gasteiger partial charge is 0.270 e. The molecule has 0 spiro atoms. The van der Waals surface area contributed by atoms with Crippen LogP contribution in [0.1, 0.15) is 36.0 Å². The number of carbonyl (C=O) groups excluding carboxylic acids is 1. The van der Waals surface area contributed by atoms with Crippen LogP contribution in [-0.2, 0) is 9.05 Å². The molecule has 1 saturated heterocycles. The van der Waals surface area contributed by atoms with Gasteiger partial charge in [0, 0.05) is 29.2 Å². The van der Waals surface area contributed by atoms with Crippen molar-refractivity contribution < 1.29 is 13.2 Å². The third-order valence-electron chi connectivity index (χ3n) is 2.96. The number of nitrogens with zero attached hydrogens (tertiary/aromatic N) is 1. The van der Waals surface area contributed by atoms with Crippen molar-refractivity contribution in [2.75, 3.05) is 13.1 Å². The number of carbonyl (C=O) groups is 1. The Bertz CT molecular complexity index is 530. The van der Waals surface area contributed by atoms with E-state index in [1.54, 1.807) is 10.3 Å². The van der Waals surface area contributed by atoms with Gasteiger partial charge in [0.2, 0.25) is 0 Å². The molecule has 0 atom stereocenters. The zero-order valence-electron chi connectivity index (χ0n) is 9.76. The van der Waals surface area contributed by atoms with Gasteiger partial charge in [-0.3, -0.25) is 4.79 Å². The monoisotopic (exact) mass is 307 g/mol. The molecule has 0 aliphatic carbocycles. The molecule has 2 rings (SSSR count). The van der Waals surface area contributed by atoms with Crippen molar-refractivity contribution in [3.05, 3.63) is 17.0 Å². The molecule has 0 bridgehead atoms. The van der Waals surface area contributed by atoms with Gasteiger partial charge in [0.25, 0.3) is 15.0 Å². The van der Waals surface area contributed by atoms with Gasteiger partial charge in [-0.25, -0.2) is 8.42 Å². The second-order valence-electron chi connectivity index (χ2n) is 4.30. The normalized spacial score (nSPS) is 17.5. The second kappa shape index (κ2) is 5.59. The summed E-state index contributed by atoms with van der Waals surface area (Å²) in [6.45, 7) is 1.50. The Hall–Kier alpha value is -0.590. The van der Waals surface area contributed by atoms with E-state index in [1.165, 1.54) is 6.07 Å². The molecule has 0 saturated carbocycles. The number of amides is 1. The van der Waals surface area contributed by atoms with Gasteiger partial charge in [-0.05, 0) is 18.9 Å². The van der Waals surface area contributed by atoms with Crippen LogP contribution in [0.2, 0.25) is 0 Å². The second-order valence-corrected chi connectivity index (χ2v) is 8.00. The third kappa shape index (κ3) is 3.24. The zero-order chi connectivity index (χ0) is 13.2. The topological polar surface area (TPSA) is 54.5 Å². The molecular formula is C11H14ClNO3S2. The molecule has 1 fully saturated rings. The van der Waals surface area contributed by atoms with E-state index >= 15 is 0 Å². The van der Waals surface area contributed by atoms with Crippen LogP contribution in [0.3, 0.4) is 0 Å². The minimum absolute atomic E-state index is 0.0299. The molecule has 0 unspecified atom stereocenters. The number of rotatable bonds is 2. The molecule has 7 heteroatoms. The molecule has 2 heterocycles. The van der Waals surface area contributed by atoms with E-state index in [2.05, 4.69) is 0 Å².